The highest BCUT2D eigenvalue weighted by Crippen LogP contribution is 2.23. The Hall–Kier alpha value is 1.09. The molecule has 0 aromatic heterocycles. The van der Waals surface area contributed by atoms with Crippen LogP contribution in [-0.4, -0.2) is 12.6 Å². The molecule has 0 saturated carbocycles. The Labute approximate surface area is 161 Å². The Bertz CT molecular complexity index is 229. The molecule has 0 saturated heterocycles. The molecule has 0 heterocycles. The maximum atomic E-state index is 6.10. The van der Waals surface area contributed by atoms with Crippen LogP contribution in [0, 0.1) is 0 Å². The maximum absolute atomic E-state index is 6.10. The van der Waals surface area contributed by atoms with Crippen LogP contribution in [-0.2, 0) is 0 Å². The van der Waals surface area contributed by atoms with Crippen molar-refractivity contribution in [1.82, 2.24) is 0 Å². The molecular weight excluding hydrogens is 363 g/mol. The van der Waals surface area contributed by atoms with Crippen molar-refractivity contribution in [2.24, 2.45) is 0 Å². The molecule has 0 spiro atoms. The largest absolute Gasteiger partial charge is 0.248 e. The lowest BCUT2D eigenvalue weighted by Crippen LogP contribution is -2.11. The van der Waals surface area contributed by atoms with Gasteiger partial charge >= 0.3 is 0 Å². The van der Waals surface area contributed by atoms with Crippen molar-refractivity contribution in [1.29, 1.82) is 0 Å². The summed E-state index contributed by atoms with van der Waals surface area (Å²) in [5.74, 6) is 0.835. The fourth-order valence-electron chi connectivity index (χ4n) is 3.00. The average molecular weight is 402 g/mol. The Morgan fingerprint density at radius 1 is 0.478 bits per heavy atom. The van der Waals surface area contributed by atoms with E-state index in [4.69, 9.17) is 33.8 Å². The van der Waals surface area contributed by atoms with Crippen LogP contribution in [0.5, 0.6) is 0 Å². The zero-order valence-corrected chi connectivity index (χ0v) is 18.6. The van der Waals surface area contributed by atoms with Gasteiger partial charge in [-0.1, -0.05) is 96.3 Å². The van der Waals surface area contributed by atoms with E-state index in [1.54, 1.807) is 0 Å². The van der Waals surface area contributed by atoms with Crippen molar-refractivity contribution in [3.05, 3.63) is 0 Å². The van der Waals surface area contributed by atoms with Crippen molar-refractivity contribution in [2.75, 3.05) is 5.88 Å². The van der Waals surface area contributed by atoms with Crippen molar-refractivity contribution >= 4 is 40.5 Å². The molecule has 0 N–H and O–H groups in total. The van der Waals surface area contributed by atoms with Gasteiger partial charge in [0.15, 0.2) is 0 Å². The zero-order valence-electron chi connectivity index (χ0n) is 15.4. The maximum Gasteiger partial charge on any atom is 0.248 e. The van der Waals surface area contributed by atoms with Gasteiger partial charge in [0.1, 0.15) is 0 Å². The highest BCUT2D eigenvalue weighted by molar-refractivity contribution is 7.44. The van der Waals surface area contributed by atoms with Gasteiger partial charge in [-0.15, -0.1) is 33.8 Å². The fraction of sp³-hybridized carbons (Fsp3) is 1.00. The smallest absolute Gasteiger partial charge is 0.146 e. The molecule has 0 aliphatic carbocycles. The first-order chi connectivity index (χ1) is 11.1. The van der Waals surface area contributed by atoms with E-state index in [0.717, 1.165) is 11.9 Å². The normalized spacial score (nSPS) is 12.0. The van der Waals surface area contributed by atoms with Crippen LogP contribution >= 0.6 is 33.8 Å². The van der Waals surface area contributed by atoms with Crippen LogP contribution in [0.3, 0.4) is 0 Å². The lowest BCUT2D eigenvalue weighted by Gasteiger charge is -2.09. The Kier molecular flexibility index (Phi) is 18.7. The molecule has 4 heteroatoms. The van der Waals surface area contributed by atoms with Crippen LogP contribution < -0.4 is 0 Å². The lowest BCUT2D eigenvalue weighted by molar-refractivity contribution is 0.531. The second-order valence-corrected chi connectivity index (χ2v) is 15.8. The molecule has 0 nitrogen and oxygen atoms in total. The molecule has 0 aromatic carbocycles. The summed E-state index contributed by atoms with van der Waals surface area (Å²) in [4.78, 5) is 0. The van der Waals surface area contributed by atoms with E-state index in [1.807, 2.05) is 6.55 Å². The number of rotatable bonds is 18. The molecule has 0 amide bonds. The molecule has 0 aromatic rings. The van der Waals surface area contributed by atoms with Gasteiger partial charge in [0.05, 0.1) is 0 Å². The molecule has 140 valence electrons. The van der Waals surface area contributed by atoms with Gasteiger partial charge in [0.2, 0.25) is 6.69 Å². The number of hydrogen-bond acceptors (Lipinski definition) is 0. The predicted molar refractivity (Wildman–Crippen MR) is 113 cm³/mol. The van der Waals surface area contributed by atoms with E-state index in [2.05, 4.69) is 0 Å². The van der Waals surface area contributed by atoms with Crippen LogP contribution in [0.4, 0.5) is 0 Å². The molecular formula is C19H39Cl3Si. The summed E-state index contributed by atoms with van der Waals surface area (Å²) in [6, 6.07) is 1.06. The Morgan fingerprint density at radius 3 is 1.00 bits per heavy atom. The van der Waals surface area contributed by atoms with Crippen molar-refractivity contribution in [2.45, 2.75) is 115 Å². The third-order valence-electron chi connectivity index (χ3n) is 4.50. The minimum absolute atomic E-state index is 0.835. The van der Waals surface area contributed by atoms with Crippen molar-refractivity contribution in [3.63, 3.8) is 0 Å². The summed E-state index contributed by atoms with van der Waals surface area (Å²) in [5.41, 5.74) is 0. The first-order valence-electron chi connectivity index (χ1n) is 10.00. The summed E-state index contributed by atoms with van der Waals surface area (Å²) in [5, 5.41) is 0. The Morgan fingerprint density at radius 2 is 0.739 bits per heavy atom. The monoisotopic (exact) mass is 400 g/mol. The van der Waals surface area contributed by atoms with Gasteiger partial charge in [-0.2, -0.15) is 0 Å². The summed E-state index contributed by atoms with van der Waals surface area (Å²) < 4.78 is 0. The zero-order chi connectivity index (χ0) is 17.2. The third-order valence-corrected chi connectivity index (χ3v) is 7.13. The molecule has 0 rings (SSSR count). The fourth-order valence-corrected chi connectivity index (χ4v) is 4.87. The van der Waals surface area contributed by atoms with Gasteiger partial charge in [-0.3, -0.25) is 0 Å². The molecule has 0 atom stereocenters. The van der Waals surface area contributed by atoms with Crippen LogP contribution in [0.1, 0.15) is 103 Å². The van der Waals surface area contributed by atoms with Gasteiger partial charge in [0, 0.05) is 5.88 Å². The number of alkyl halides is 1. The lowest BCUT2D eigenvalue weighted by atomic mass is 10.0. The van der Waals surface area contributed by atoms with Crippen LogP contribution in [0.2, 0.25) is 12.6 Å². The second kappa shape index (κ2) is 17.9. The number of hydrogen-bond donors (Lipinski definition) is 0. The van der Waals surface area contributed by atoms with Crippen LogP contribution in [0.25, 0.3) is 0 Å². The van der Waals surface area contributed by atoms with E-state index in [9.17, 15) is 0 Å². The number of halogens is 3. The minimum atomic E-state index is -1.83. The third kappa shape index (κ3) is 23.1. The topological polar surface area (TPSA) is 0 Å². The molecule has 0 aliphatic rings. The molecule has 0 aliphatic heterocycles. The Balaban J connectivity index is 3.00. The summed E-state index contributed by atoms with van der Waals surface area (Å²) in [6.07, 6.45) is 22.1. The number of unbranched alkanes of at least 4 members (excludes halogenated alkanes) is 15. The van der Waals surface area contributed by atoms with E-state index >= 15 is 0 Å². The molecule has 0 fully saturated rings. The summed E-state index contributed by atoms with van der Waals surface area (Å²) >= 11 is 17.9. The van der Waals surface area contributed by atoms with Gasteiger partial charge in [-0.05, 0) is 19.0 Å². The second-order valence-electron chi connectivity index (χ2n) is 7.17. The molecule has 23 heavy (non-hydrogen) atoms. The van der Waals surface area contributed by atoms with E-state index in [-0.39, 0.29) is 0 Å². The highest BCUT2D eigenvalue weighted by Gasteiger charge is 2.19. The van der Waals surface area contributed by atoms with E-state index < -0.39 is 6.69 Å². The molecule has 0 radical (unpaired) electrons. The van der Waals surface area contributed by atoms with E-state index in [1.165, 1.54) is 103 Å². The van der Waals surface area contributed by atoms with E-state index in [0.29, 0.717) is 0 Å². The first-order valence-corrected chi connectivity index (χ1v) is 15.3. The predicted octanol–water partition coefficient (Wildman–Crippen LogP) is 9.02. The SMILES string of the molecule is C[Si](Cl)(Cl)CCCCCCCCCCCCCCCCCCCl. The quantitative estimate of drug-likeness (QED) is 0.0929. The van der Waals surface area contributed by atoms with Crippen molar-refractivity contribution in [3.8, 4) is 0 Å². The minimum Gasteiger partial charge on any atom is -0.146 e. The standard InChI is InChI=1S/C19H39Cl3Si/c1-23(21,22)19-17-15-13-11-9-7-5-3-2-4-6-8-10-12-14-16-18-20/h2-19H2,1H3. The summed E-state index contributed by atoms with van der Waals surface area (Å²) in [6.45, 7) is 0.198. The van der Waals surface area contributed by atoms with Gasteiger partial charge < -0.3 is 0 Å². The van der Waals surface area contributed by atoms with Gasteiger partial charge in [-0.25, -0.2) is 0 Å². The van der Waals surface area contributed by atoms with Gasteiger partial charge in [0.25, 0.3) is 0 Å². The summed E-state index contributed by atoms with van der Waals surface area (Å²) in [7, 11) is 0. The van der Waals surface area contributed by atoms with Crippen LogP contribution in [0.15, 0.2) is 0 Å². The first kappa shape index (κ1) is 24.1. The highest BCUT2D eigenvalue weighted by atomic mass is 35.7. The molecule has 0 bridgehead atoms. The average Bonchev–Trinajstić information content (AvgIpc) is 2.49. The molecule has 0 unspecified atom stereocenters. The van der Waals surface area contributed by atoms with Crippen molar-refractivity contribution < 1.29 is 0 Å².